The van der Waals surface area contributed by atoms with Crippen LogP contribution in [0.1, 0.15) is 45.1 Å². The summed E-state index contributed by atoms with van der Waals surface area (Å²) in [7, 11) is -1.26. The van der Waals surface area contributed by atoms with Crippen LogP contribution in [0.4, 0.5) is 5.69 Å². The maximum absolute atomic E-state index is 13.3. The van der Waals surface area contributed by atoms with E-state index in [1.165, 1.54) is 32.4 Å². The van der Waals surface area contributed by atoms with Crippen LogP contribution in [0, 0.1) is 0 Å². The van der Waals surface area contributed by atoms with Gasteiger partial charge in [0.2, 0.25) is 33.6 Å². The number of benzene rings is 2. The van der Waals surface area contributed by atoms with Gasteiger partial charge >= 0.3 is 0 Å². The van der Waals surface area contributed by atoms with E-state index in [9.17, 15) is 18.0 Å². The van der Waals surface area contributed by atoms with Gasteiger partial charge in [-0.1, -0.05) is 50.2 Å². The highest BCUT2D eigenvalue weighted by Gasteiger charge is 2.34. The molecule has 2 heterocycles. The summed E-state index contributed by atoms with van der Waals surface area (Å²) in [5.74, 6) is -0.117. The van der Waals surface area contributed by atoms with Crippen LogP contribution in [0.15, 0.2) is 51.9 Å². The first kappa shape index (κ1) is 25.5. The van der Waals surface area contributed by atoms with E-state index in [1.54, 1.807) is 0 Å². The standard InChI is InChI=1S/C25H28N4O6S/c1-25(2,3)17-8-6-16(7-9-17)24-26-21(35-27-24)15-28(4)36(32,33)18-10-11-20(34-5)19(14-18)29-22(30)12-13-23(29)31/h6-11,14H,12-13,15H2,1-5H3. The molecule has 1 saturated heterocycles. The van der Waals surface area contributed by atoms with Crippen LogP contribution in [0.5, 0.6) is 5.75 Å². The molecule has 190 valence electrons. The number of carbonyl (C=O) groups excluding carboxylic acids is 2. The third-order valence-corrected chi connectivity index (χ3v) is 7.79. The zero-order valence-electron chi connectivity index (χ0n) is 20.8. The number of carbonyl (C=O) groups is 2. The molecule has 0 bridgehead atoms. The second-order valence-corrected chi connectivity index (χ2v) is 11.6. The molecule has 36 heavy (non-hydrogen) atoms. The van der Waals surface area contributed by atoms with Gasteiger partial charge in [0.05, 0.1) is 24.2 Å². The average molecular weight is 513 g/mol. The smallest absolute Gasteiger partial charge is 0.243 e. The van der Waals surface area contributed by atoms with Gasteiger partial charge in [0.1, 0.15) is 5.75 Å². The molecule has 2 aromatic carbocycles. The Kier molecular flexibility index (Phi) is 6.72. The predicted octanol–water partition coefficient (Wildman–Crippen LogP) is 3.52. The summed E-state index contributed by atoms with van der Waals surface area (Å²) < 4.78 is 38.2. The number of amides is 2. The minimum Gasteiger partial charge on any atom is -0.495 e. The fourth-order valence-corrected chi connectivity index (χ4v) is 5.00. The van der Waals surface area contributed by atoms with Crippen molar-refractivity contribution in [2.45, 2.75) is 50.5 Å². The Morgan fingerprint density at radius 2 is 1.69 bits per heavy atom. The van der Waals surface area contributed by atoms with E-state index < -0.39 is 21.8 Å². The minimum absolute atomic E-state index is 0.00862. The summed E-state index contributed by atoms with van der Waals surface area (Å²) in [5.41, 5.74) is 2.02. The monoisotopic (exact) mass is 512 g/mol. The van der Waals surface area contributed by atoms with E-state index in [0.29, 0.717) is 5.82 Å². The Hall–Kier alpha value is -3.57. The quantitative estimate of drug-likeness (QED) is 0.441. The lowest BCUT2D eigenvalue weighted by molar-refractivity contribution is -0.121. The van der Waals surface area contributed by atoms with E-state index in [-0.39, 0.29) is 47.0 Å². The van der Waals surface area contributed by atoms with E-state index in [0.717, 1.165) is 20.3 Å². The van der Waals surface area contributed by atoms with Crippen LogP contribution in [-0.2, 0) is 31.6 Å². The van der Waals surface area contributed by atoms with Crippen molar-refractivity contribution in [3.8, 4) is 17.1 Å². The van der Waals surface area contributed by atoms with Gasteiger partial charge < -0.3 is 9.26 Å². The van der Waals surface area contributed by atoms with Crippen LogP contribution in [0.2, 0.25) is 0 Å². The summed E-state index contributed by atoms with van der Waals surface area (Å²) >= 11 is 0. The molecule has 3 aromatic rings. The normalized spacial score (nSPS) is 14.7. The number of methoxy groups -OCH3 is 1. The molecule has 1 aromatic heterocycles. The van der Waals surface area contributed by atoms with Gasteiger partial charge in [0.15, 0.2) is 0 Å². The lowest BCUT2D eigenvalue weighted by Gasteiger charge is -2.20. The van der Waals surface area contributed by atoms with E-state index in [4.69, 9.17) is 9.26 Å². The van der Waals surface area contributed by atoms with Crippen molar-refractivity contribution in [3.05, 3.63) is 53.9 Å². The first-order valence-electron chi connectivity index (χ1n) is 11.4. The molecule has 10 nitrogen and oxygen atoms in total. The minimum atomic E-state index is -4.03. The second kappa shape index (κ2) is 9.47. The van der Waals surface area contributed by atoms with Crippen LogP contribution in [0.25, 0.3) is 11.4 Å². The molecule has 1 fully saturated rings. The largest absolute Gasteiger partial charge is 0.495 e. The molecule has 0 atom stereocenters. The van der Waals surface area contributed by atoms with Crippen molar-refractivity contribution in [2.24, 2.45) is 0 Å². The van der Waals surface area contributed by atoms with Gasteiger partial charge in [-0.2, -0.15) is 9.29 Å². The molecule has 0 spiro atoms. The first-order valence-corrected chi connectivity index (χ1v) is 12.8. The lowest BCUT2D eigenvalue weighted by Crippen LogP contribution is -2.30. The Morgan fingerprint density at radius 1 is 1.06 bits per heavy atom. The van der Waals surface area contributed by atoms with Crippen molar-refractivity contribution < 1.29 is 27.3 Å². The molecular weight excluding hydrogens is 484 g/mol. The van der Waals surface area contributed by atoms with Crippen LogP contribution >= 0.6 is 0 Å². The van der Waals surface area contributed by atoms with E-state index in [1.807, 2.05) is 24.3 Å². The van der Waals surface area contributed by atoms with Gasteiger partial charge in [-0.15, -0.1) is 0 Å². The van der Waals surface area contributed by atoms with Crippen molar-refractivity contribution >= 4 is 27.5 Å². The van der Waals surface area contributed by atoms with Crippen molar-refractivity contribution in [1.82, 2.24) is 14.4 Å². The van der Waals surface area contributed by atoms with Gasteiger partial charge in [-0.05, 0) is 29.2 Å². The first-order chi connectivity index (χ1) is 16.9. The van der Waals surface area contributed by atoms with Crippen LogP contribution < -0.4 is 9.64 Å². The summed E-state index contributed by atoms with van der Waals surface area (Å²) in [6.45, 7) is 6.20. The number of nitrogens with zero attached hydrogens (tertiary/aromatic N) is 4. The maximum atomic E-state index is 13.3. The van der Waals surface area contributed by atoms with Crippen molar-refractivity contribution in [3.63, 3.8) is 0 Å². The zero-order chi connectivity index (χ0) is 26.3. The van der Waals surface area contributed by atoms with Crippen LogP contribution in [0.3, 0.4) is 0 Å². The fourth-order valence-electron chi connectivity index (χ4n) is 3.86. The number of hydrogen-bond donors (Lipinski definition) is 0. The number of hydrogen-bond acceptors (Lipinski definition) is 8. The number of ether oxygens (including phenoxy) is 1. The summed E-state index contributed by atoms with van der Waals surface area (Å²) in [6, 6.07) is 11.8. The van der Waals surface area contributed by atoms with Crippen molar-refractivity contribution in [2.75, 3.05) is 19.1 Å². The average Bonchev–Trinajstić information content (AvgIpc) is 3.44. The van der Waals surface area contributed by atoms with E-state index in [2.05, 4.69) is 30.9 Å². The Bertz CT molecular complexity index is 1390. The maximum Gasteiger partial charge on any atom is 0.243 e. The fraction of sp³-hybridized carbons (Fsp3) is 0.360. The predicted molar refractivity (Wildman–Crippen MR) is 132 cm³/mol. The topological polar surface area (TPSA) is 123 Å². The zero-order valence-corrected chi connectivity index (χ0v) is 21.6. The summed E-state index contributed by atoms with van der Waals surface area (Å²) in [6.07, 6.45) is 0.134. The second-order valence-electron chi connectivity index (χ2n) is 9.56. The lowest BCUT2D eigenvalue weighted by atomic mass is 9.87. The number of aromatic nitrogens is 2. The molecule has 0 saturated carbocycles. The molecule has 2 amide bonds. The number of imide groups is 1. The van der Waals surface area contributed by atoms with Gasteiger partial charge in [0, 0.05) is 25.5 Å². The van der Waals surface area contributed by atoms with Gasteiger partial charge in [0.25, 0.3) is 0 Å². The Balaban J connectivity index is 1.56. The molecule has 1 aliphatic rings. The van der Waals surface area contributed by atoms with Crippen molar-refractivity contribution in [1.29, 1.82) is 0 Å². The highest BCUT2D eigenvalue weighted by Crippen LogP contribution is 2.35. The number of rotatable bonds is 7. The Labute approximate surface area is 209 Å². The third kappa shape index (κ3) is 4.89. The summed E-state index contributed by atoms with van der Waals surface area (Å²) in [5, 5.41) is 3.99. The highest BCUT2D eigenvalue weighted by atomic mass is 32.2. The molecular formula is C25H28N4O6S. The molecule has 11 heteroatoms. The molecule has 0 aliphatic carbocycles. The highest BCUT2D eigenvalue weighted by molar-refractivity contribution is 7.89. The van der Waals surface area contributed by atoms with E-state index >= 15 is 0 Å². The molecule has 1 aliphatic heterocycles. The summed E-state index contributed by atoms with van der Waals surface area (Å²) in [4.78, 5) is 29.7. The molecule has 0 radical (unpaired) electrons. The number of anilines is 1. The van der Waals surface area contributed by atoms with Crippen LogP contribution in [-0.4, -0.2) is 48.8 Å². The molecule has 0 N–H and O–H groups in total. The third-order valence-electron chi connectivity index (χ3n) is 5.99. The SMILES string of the molecule is COc1ccc(S(=O)(=O)N(C)Cc2nc(-c3ccc(C(C)(C)C)cc3)no2)cc1N1C(=O)CCC1=O. The van der Waals surface area contributed by atoms with Gasteiger partial charge in [-0.3, -0.25) is 9.59 Å². The Morgan fingerprint density at radius 3 is 2.28 bits per heavy atom. The molecule has 4 rings (SSSR count). The molecule has 0 unspecified atom stereocenters. The van der Waals surface area contributed by atoms with Gasteiger partial charge in [-0.25, -0.2) is 13.3 Å². The number of sulfonamides is 1.